The van der Waals surface area contributed by atoms with Crippen molar-refractivity contribution in [2.45, 2.75) is 18.6 Å². The molecule has 1 N–H and O–H groups in total. The molecule has 1 fully saturated rings. The number of hydrogen-bond donors (Lipinski definition) is 1. The summed E-state index contributed by atoms with van der Waals surface area (Å²) in [5.74, 6) is -2.10. The van der Waals surface area contributed by atoms with Crippen molar-refractivity contribution in [1.82, 2.24) is 0 Å². The minimum absolute atomic E-state index is 0.00245. The first-order chi connectivity index (χ1) is 14.3. The maximum Gasteiger partial charge on any atom is 0.247 e. The summed E-state index contributed by atoms with van der Waals surface area (Å²) in [6.07, 6.45) is -0.00245. The Bertz CT molecular complexity index is 1030. The smallest absolute Gasteiger partial charge is 0.247 e. The van der Waals surface area contributed by atoms with Gasteiger partial charge in [0.25, 0.3) is 0 Å². The van der Waals surface area contributed by atoms with Gasteiger partial charge >= 0.3 is 0 Å². The minimum atomic E-state index is -1.33. The average molecular weight is 465 g/mol. The van der Waals surface area contributed by atoms with Gasteiger partial charge in [0.1, 0.15) is 5.25 Å². The van der Waals surface area contributed by atoms with Crippen LogP contribution in [0.4, 0.5) is 11.4 Å². The molecule has 1 aliphatic heterocycles. The highest BCUT2D eigenvalue weighted by Gasteiger charge is 2.40. The minimum Gasteiger partial charge on any atom is -0.545 e. The van der Waals surface area contributed by atoms with Crippen LogP contribution in [0.15, 0.2) is 47.5 Å². The van der Waals surface area contributed by atoms with E-state index in [0.717, 1.165) is 16.7 Å². The third-order valence-corrected chi connectivity index (χ3v) is 6.04. The highest BCUT2D eigenvalue weighted by molar-refractivity contribution is 8.15. The monoisotopic (exact) mass is 464 g/mol. The topological polar surface area (TPSA) is 102 Å². The van der Waals surface area contributed by atoms with Crippen molar-refractivity contribution in [2.24, 2.45) is 4.99 Å². The highest BCUT2D eigenvalue weighted by Crippen LogP contribution is 2.32. The van der Waals surface area contributed by atoms with Crippen LogP contribution in [0.2, 0.25) is 10.0 Å². The van der Waals surface area contributed by atoms with E-state index in [1.807, 2.05) is 6.92 Å². The van der Waals surface area contributed by atoms with Crippen LogP contribution >= 0.6 is 35.0 Å². The van der Waals surface area contributed by atoms with Gasteiger partial charge in [-0.3, -0.25) is 14.6 Å². The zero-order valence-corrected chi connectivity index (χ0v) is 18.1. The molecule has 0 unspecified atom stereocenters. The molecular weight excluding hydrogens is 449 g/mol. The first-order valence-electron chi connectivity index (χ1n) is 8.91. The van der Waals surface area contributed by atoms with Crippen LogP contribution in [0.5, 0.6) is 0 Å². The number of aliphatic imine (C=N–C) groups is 1. The SMILES string of the molecule is CCN=C(Nc1ccc(Cl)c(Cl)c1)S[C@@H]1CC(=O)N(c2ccc(C(=O)[O-])cc2)C1=O. The number of nitrogens with one attached hydrogen (secondary N) is 1. The zero-order valence-electron chi connectivity index (χ0n) is 15.7. The van der Waals surface area contributed by atoms with Gasteiger partial charge in [-0.25, -0.2) is 4.90 Å². The molecule has 0 aromatic heterocycles. The van der Waals surface area contributed by atoms with Gasteiger partial charge in [0.2, 0.25) is 11.8 Å². The zero-order chi connectivity index (χ0) is 21.8. The summed E-state index contributed by atoms with van der Waals surface area (Å²) in [6.45, 7) is 2.32. The largest absolute Gasteiger partial charge is 0.545 e. The number of rotatable bonds is 5. The number of imide groups is 1. The summed E-state index contributed by atoms with van der Waals surface area (Å²) >= 11 is 13.1. The number of benzene rings is 2. The third kappa shape index (κ3) is 4.95. The number of hydrogen-bond acceptors (Lipinski definition) is 6. The van der Waals surface area contributed by atoms with Crippen molar-refractivity contribution in [2.75, 3.05) is 16.8 Å². The predicted octanol–water partition coefficient (Wildman–Crippen LogP) is 3.21. The van der Waals surface area contributed by atoms with Crippen molar-refractivity contribution in [3.8, 4) is 0 Å². The molecule has 0 spiro atoms. The Kier molecular flexibility index (Phi) is 7.02. The first kappa shape index (κ1) is 22.1. The van der Waals surface area contributed by atoms with Crippen molar-refractivity contribution >= 4 is 69.3 Å². The summed E-state index contributed by atoms with van der Waals surface area (Å²) in [7, 11) is 0. The molecule has 3 rings (SSSR count). The summed E-state index contributed by atoms with van der Waals surface area (Å²) in [5, 5.41) is 14.6. The van der Waals surface area contributed by atoms with Gasteiger partial charge in [0.15, 0.2) is 5.17 Å². The van der Waals surface area contributed by atoms with Crippen molar-refractivity contribution in [1.29, 1.82) is 0 Å². The number of carboxylic acids is 1. The van der Waals surface area contributed by atoms with E-state index in [0.29, 0.717) is 33.1 Å². The lowest BCUT2D eigenvalue weighted by Crippen LogP contribution is -2.32. The van der Waals surface area contributed by atoms with Crippen molar-refractivity contribution in [3.63, 3.8) is 0 Å². The van der Waals surface area contributed by atoms with E-state index in [9.17, 15) is 19.5 Å². The highest BCUT2D eigenvalue weighted by atomic mass is 35.5. The Balaban J connectivity index is 1.75. The number of aromatic carboxylic acids is 1. The molecule has 2 amide bonds. The van der Waals surface area contributed by atoms with Gasteiger partial charge in [-0.1, -0.05) is 47.1 Å². The molecule has 1 atom stereocenters. The second-order valence-corrected chi connectivity index (χ2v) is 8.25. The molecular formula is C20H16Cl2N3O4S-. The lowest BCUT2D eigenvalue weighted by atomic mass is 10.2. The van der Waals surface area contributed by atoms with E-state index in [4.69, 9.17) is 23.2 Å². The number of amides is 2. The maximum absolute atomic E-state index is 12.9. The van der Waals surface area contributed by atoms with Gasteiger partial charge in [0.05, 0.1) is 21.7 Å². The van der Waals surface area contributed by atoms with Crippen LogP contribution in [0.3, 0.4) is 0 Å². The molecule has 0 radical (unpaired) electrons. The van der Waals surface area contributed by atoms with Crippen LogP contribution < -0.4 is 15.3 Å². The fourth-order valence-electron chi connectivity index (χ4n) is 2.80. The summed E-state index contributed by atoms with van der Waals surface area (Å²) in [4.78, 5) is 41.6. The lowest BCUT2D eigenvalue weighted by molar-refractivity contribution is -0.255. The van der Waals surface area contributed by atoms with E-state index >= 15 is 0 Å². The number of amidine groups is 1. The normalized spacial score (nSPS) is 16.8. The van der Waals surface area contributed by atoms with Gasteiger partial charge in [0, 0.05) is 18.7 Å². The molecule has 2 aromatic carbocycles. The number of carbonyl (C=O) groups is 3. The van der Waals surface area contributed by atoms with Crippen LogP contribution in [0.25, 0.3) is 0 Å². The molecule has 0 bridgehead atoms. The fraction of sp³-hybridized carbons (Fsp3) is 0.200. The Labute approximate surface area is 187 Å². The second kappa shape index (κ2) is 9.51. The molecule has 7 nitrogen and oxygen atoms in total. The summed E-state index contributed by atoms with van der Waals surface area (Å²) in [5.41, 5.74) is 0.923. The molecule has 156 valence electrons. The van der Waals surface area contributed by atoms with E-state index in [1.165, 1.54) is 24.3 Å². The molecule has 30 heavy (non-hydrogen) atoms. The van der Waals surface area contributed by atoms with Crippen LogP contribution in [0, 0.1) is 0 Å². The quantitative estimate of drug-likeness (QED) is 0.414. The van der Waals surface area contributed by atoms with Gasteiger partial charge in [-0.05, 0) is 42.8 Å². The van der Waals surface area contributed by atoms with Crippen LogP contribution in [-0.4, -0.2) is 34.7 Å². The van der Waals surface area contributed by atoms with Crippen molar-refractivity contribution in [3.05, 3.63) is 58.1 Å². The van der Waals surface area contributed by atoms with E-state index < -0.39 is 17.1 Å². The van der Waals surface area contributed by atoms with Crippen LogP contribution in [0.1, 0.15) is 23.7 Å². The number of nitrogens with zero attached hydrogens (tertiary/aromatic N) is 2. The van der Waals surface area contributed by atoms with Gasteiger partial charge < -0.3 is 15.2 Å². The van der Waals surface area contributed by atoms with E-state index in [1.54, 1.807) is 18.2 Å². The fourth-order valence-corrected chi connectivity index (χ4v) is 4.18. The molecule has 0 aliphatic carbocycles. The Morgan fingerprint density at radius 3 is 2.50 bits per heavy atom. The number of thioether (sulfide) groups is 1. The average Bonchev–Trinajstić information content (AvgIpc) is 2.98. The summed E-state index contributed by atoms with van der Waals surface area (Å²) in [6, 6.07) is 10.4. The number of carbonyl (C=O) groups excluding carboxylic acids is 3. The summed E-state index contributed by atoms with van der Waals surface area (Å²) < 4.78 is 0. The predicted molar refractivity (Wildman–Crippen MR) is 117 cm³/mol. The van der Waals surface area contributed by atoms with Gasteiger partial charge in [-0.2, -0.15) is 0 Å². The third-order valence-electron chi connectivity index (χ3n) is 4.19. The van der Waals surface area contributed by atoms with E-state index in [2.05, 4.69) is 10.3 Å². The van der Waals surface area contributed by atoms with E-state index in [-0.39, 0.29) is 17.9 Å². The first-order valence-corrected chi connectivity index (χ1v) is 10.5. The molecule has 2 aromatic rings. The number of halogens is 2. The Morgan fingerprint density at radius 2 is 1.90 bits per heavy atom. The number of anilines is 2. The second-order valence-electron chi connectivity index (χ2n) is 6.25. The molecule has 0 saturated carbocycles. The Morgan fingerprint density at radius 1 is 1.20 bits per heavy atom. The standard InChI is InChI=1S/C20H17Cl2N3O4S/c1-2-23-20(24-12-5-8-14(21)15(22)9-12)30-16-10-17(26)25(18(16)27)13-6-3-11(4-7-13)19(28)29/h3-9,16H,2,10H2,1H3,(H,23,24)(H,28,29)/p-1/t16-/m1/s1. The molecule has 10 heteroatoms. The number of carboxylic acid groups (broad SMARTS) is 1. The Hall–Kier alpha value is -2.55. The molecule has 1 saturated heterocycles. The van der Waals surface area contributed by atoms with Crippen LogP contribution in [-0.2, 0) is 9.59 Å². The van der Waals surface area contributed by atoms with Gasteiger partial charge in [-0.15, -0.1) is 0 Å². The lowest BCUT2D eigenvalue weighted by Gasteiger charge is -2.16. The van der Waals surface area contributed by atoms with Crippen molar-refractivity contribution < 1.29 is 19.5 Å². The maximum atomic E-state index is 12.9. The molecule has 1 aliphatic rings. The molecule has 1 heterocycles.